The van der Waals surface area contributed by atoms with E-state index >= 15 is 0 Å². The van der Waals surface area contributed by atoms with Crippen LogP contribution in [0.5, 0.6) is 0 Å². The van der Waals surface area contributed by atoms with Crippen molar-refractivity contribution >= 4 is 23.4 Å². The molecule has 0 aliphatic heterocycles. The van der Waals surface area contributed by atoms with Gasteiger partial charge in [-0.3, -0.25) is 0 Å². The second kappa shape index (κ2) is 6.25. The first-order valence-electron chi connectivity index (χ1n) is 6.51. The Balaban J connectivity index is 2.30. The normalized spacial score (nSPS) is 14.9. The van der Waals surface area contributed by atoms with Gasteiger partial charge in [0.05, 0.1) is 6.10 Å². The number of aliphatic hydroxyl groups is 2. The molecule has 0 fully saturated rings. The van der Waals surface area contributed by atoms with Crippen LogP contribution in [0.1, 0.15) is 18.1 Å². The van der Waals surface area contributed by atoms with Gasteiger partial charge in [-0.1, -0.05) is 30.3 Å². The number of benzene rings is 2. The fraction of sp³-hybridized carbons (Fsp3) is 0.286. The SMILES string of the molecule is OB(O)c1cccc2cc(C(O)C[C@H](O)C(F)(F)F)ccc12. The number of rotatable bonds is 4. The standard InChI is InChI=1S/C14H14BF3O4/c16-14(17,18)13(20)7-12(19)9-4-5-10-8(6-9)2-1-3-11(10)15(21)22/h1-6,12-13,19-22H,7H2/t12?,13-/m0/s1. The van der Waals surface area contributed by atoms with E-state index in [4.69, 9.17) is 5.11 Å². The zero-order valence-electron chi connectivity index (χ0n) is 11.3. The molecule has 2 rings (SSSR count). The second-order valence-corrected chi connectivity index (χ2v) is 5.01. The molecule has 0 saturated carbocycles. The van der Waals surface area contributed by atoms with E-state index in [0.717, 1.165) is 0 Å². The van der Waals surface area contributed by atoms with Gasteiger partial charge < -0.3 is 20.3 Å². The van der Waals surface area contributed by atoms with Gasteiger partial charge >= 0.3 is 13.3 Å². The monoisotopic (exact) mass is 314 g/mol. The maximum atomic E-state index is 12.3. The average Bonchev–Trinajstić information content (AvgIpc) is 2.44. The molecule has 2 atom stereocenters. The van der Waals surface area contributed by atoms with Crippen LogP contribution in [0.4, 0.5) is 13.2 Å². The van der Waals surface area contributed by atoms with Gasteiger partial charge in [0.25, 0.3) is 0 Å². The lowest BCUT2D eigenvalue weighted by molar-refractivity contribution is -0.211. The molecule has 22 heavy (non-hydrogen) atoms. The highest BCUT2D eigenvalue weighted by Crippen LogP contribution is 2.29. The predicted molar refractivity (Wildman–Crippen MR) is 75.4 cm³/mol. The van der Waals surface area contributed by atoms with Crippen molar-refractivity contribution in [2.45, 2.75) is 24.8 Å². The molecule has 4 N–H and O–H groups in total. The Morgan fingerprint density at radius 2 is 1.73 bits per heavy atom. The van der Waals surface area contributed by atoms with Crippen molar-refractivity contribution in [1.82, 2.24) is 0 Å². The summed E-state index contributed by atoms with van der Waals surface area (Å²) in [6, 6.07) is 9.05. The Kier molecular flexibility index (Phi) is 4.76. The Labute approximate surface area is 124 Å². The molecule has 0 aromatic heterocycles. The number of fused-ring (bicyclic) bond motifs is 1. The van der Waals surface area contributed by atoms with Crippen LogP contribution in [-0.4, -0.2) is 39.7 Å². The summed E-state index contributed by atoms with van der Waals surface area (Å²) in [7, 11) is -1.67. The van der Waals surface area contributed by atoms with Gasteiger partial charge in [-0.25, -0.2) is 0 Å². The summed E-state index contributed by atoms with van der Waals surface area (Å²) < 4.78 is 36.9. The van der Waals surface area contributed by atoms with Crippen LogP contribution in [0.25, 0.3) is 10.8 Å². The molecule has 0 heterocycles. The van der Waals surface area contributed by atoms with Gasteiger partial charge in [0.1, 0.15) is 0 Å². The van der Waals surface area contributed by atoms with Crippen molar-refractivity contribution in [2.24, 2.45) is 0 Å². The van der Waals surface area contributed by atoms with E-state index in [2.05, 4.69) is 0 Å². The topological polar surface area (TPSA) is 80.9 Å². The van der Waals surface area contributed by atoms with E-state index in [-0.39, 0.29) is 11.0 Å². The minimum atomic E-state index is -4.79. The Bertz CT molecular complexity index is 660. The largest absolute Gasteiger partial charge is 0.489 e. The van der Waals surface area contributed by atoms with Crippen molar-refractivity contribution < 1.29 is 33.4 Å². The average molecular weight is 314 g/mol. The summed E-state index contributed by atoms with van der Waals surface area (Å²) in [6.07, 6.45) is -9.74. The first-order valence-corrected chi connectivity index (χ1v) is 6.51. The van der Waals surface area contributed by atoms with Crippen LogP contribution in [0.2, 0.25) is 0 Å². The molecule has 8 heteroatoms. The summed E-state index contributed by atoms with van der Waals surface area (Å²) in [5.41, 5.74) is 0.467. The van der Waals surface area contributed by atoms with E-state index in [1.807, 2.05) is 0 Å². The molecule has 1 unspecified atom stereocenters. The van der Waals surface area contributed by atoms with Crippen LogP contribution in [0.3, 0.4) is 0 Å². The second-order valence-electron chi connectivity index (χ2n) is 5.01. The smallest absolute Gasteiger partial charge is 0.423 e. The molecule has 0 amide bonds. The number of alkyl halides is 3. The molecule has 2 aromatic rings. The highest BCUT2D eigenvalue weighted by molar-refractivity contribution is 6.61. The summed E-state index contributed by atoms with van der Waals surface area (Å²) in [5.74, 6) is 0. The first-order chi connectivity index (χ1) is 10.2. The minimum Gasteiger partial charge on any atom is -0.423 e. The van der Waals surface area contributed by atoms with Crippen LogP contribution in [0, 0.1) is 0 Å². The molecule has 0 radical (unpaired) electrons. The maximum Gasteiger partial charge on any atom is 0.489 e. The number of halogens is 3. The predicted octanol–water partition coefficient (Wildman–Crippen LogP) is 0.866. The number of aliphatic hydroxyl groups excluding tert-OH is 2. The molecule has 0 bridgehead atoms. The van der Waals surface area contributed by atoms with Crippen molar-refractivity contribution in [3.05, 3.63) is 42.0 Å². The summed E-state index contributed by atoms with van der Waals surface area (Å²) in [4.78, 5) is 0. The molecule has 4 nitrogen and oxygen atoms in total. The van der Waals surface area contributed by atoms with Crippen molar-refractivity contribution in [3.8, 4) is 0 Å². The van der Waals surface area contributed by atoms with Crippen molar-refractivity contribution in [3.63, 3.8) is 0 Å². The molecular weight excluding hydrogens is 300 g/mol. The highest BCUT2D eigenvalue weighted by Gasteiger charge is 2.39. The third-order valence-electron chi connectivity index (χ3n) is 3.43. The summed E-state index contributed by atoms with van der Waals surface area (Å²) >= 11 is 0. The van der Waals surface area contributed by atoms with Gasteiger partial charge in [0.2, 0.25) is 0 Å². The van der Waals surface area contributed by atoms with E-state index in [9.17, 15) is 28.3 Å². The Morgan fingerprint density at radius 3 is 2.32 bits per heavy atom. The van der Waals surface area contributed by atoms with Crippen molar-refractivity contribution in [1.29, 1.82) is 0 Å². The van der Waals surface area contributed by atoms with Crippen LogP contribution >= 0.6 is 0 Å². The van der Waals surface area contributed by atoms with Crippen LogP contribution < -0.4 is 5.46 Å². The number of hydrogen-bond donors (Lipinski definition) is 4. The van der Waals surface area contributed by atoms with Crippen LogP contribution in [-0.2, 0) is 0 Å². The van der Waals surface area contributed by atoms with E-state index in [1.165, 1.54) is 24.3 Å². The zero-order valence-corrected chi connectivity index (χ0v) is 11.3. The molecule has 0 aliphatic rings. The minimum absolute atomic E-state index is 0.209. The lowest BCUT2D eigenvalue weighted by Gasteiger charge is -2.19. The van der Waals surface area contributed by atoms with Gasteiger partial charge in [0.15, 0.2) is 6.10 Å². The lowest BCUT2D eigenvalue weighted by atomic mass is 9.77. The maximum absolute atomic E-state index is 12.3. The van der Waals surface area contributed by atoms with Gasteiger partial charge in [-0.05, 0) is 27.9 Å². The summed E-state index contributed by atoms with van der Waals surface area (Å²) in [6.45, 7) is 0. The third-order valence-corrected chi connectivity index (χ3v) is 3.43. The van der Waals surface area contributed by atoms with Crippen molar-refractivity contribution in [2.75, 3.05) is 0 Å². The van der Waals surface area contributed by atoms with Gasteiger partial charge in [-0.2, -0.15) is 13.2 Å². The van der Waals surface area contributed by atoms with Gasteiger partial charge in [0, 0.05) is 6.42 Å². The number of hydrogen-bond acceptors (Lipinski definition) is 4. The molecule has 118 valence electrons. The quantitative estimate of drug-likeness (QED) is 0.631. The van der Waals surface area contributed by atoms with Gasteiger partial charge in [-0.15, -0.1) is 0 Å². The Morgan fingerprint density at radius 1 is 1.05 bits per heavy atom. The fourth-order valence-corrected chi connectivity index (χ4v) is 2.24. The van der Waals surface area contributed by atoms with E-state index in [0.29, 0.717) is 10.8 Å². The lowest BCUT2D eigenvalue weighted by Crippen LogP contribution is -2.30. The highest BCUT2D eigenvalue weighted by atomic mass is 19.4. The third kappa shape index (κ3) is 3.59. The molecule has 0 spiro atoms. The zero-order chi connectivity index (χ0) is 16.5. The van der Waals surface area contributed by atoms with E-state index in [1.54, 1.807) is 12.1 Å². The molecular formula is C14H14BF3O4. The van der Waals surface area contributed by atoms with E-state index < -0.39 is 31.9 Å². The van der Waals surface area contributed by atoms with Crippen LogP contribution in [0.15, 0.2) is 36.4 Å². The fourth-order valence-electron chi connectivity index (χ4n) is 2.24. The Hall–Kier alpha value is -1.61. The summed E-state index contributed by atoms with van der Waals surface area (Å²) in [5, 5.41) is 38.4. The molecule has 0 saturated heterocycles. The molecule has 0 aliphatic carbocycles. The molecule has 2 aromatic carbocycles. The first kappa shape index (κ1) is 16.8.